The molecule has 0 radical (unpaired) electrons. The molecule has 0 unspecified atom stereocenters. The van der Waals surface area contributed by atoms with Gasteiger partial charge < -0.3 is 10.1 Å². The van der Waals surface area contributed by atoms with Crippen LogP contribution in [-0.4, -0.2) is 34.3 Å². The van der Waals surface area contributed by atoms with E-state index < -0.39 is 0 Å². The van der Waals surface area contributed by atoms with Crippen molar-refractivity contribution in [3.63, 3.8) is 0 Å². The normalized spacial score (nSPS) is 10.6. The third kappa shape index (κ3) is 4.75. The monoisotopic (exact) mass is 432 g/mol. The molecule has 2 heterocycles. The first-order valence-electron chi connectivity index (χ1n) is 9.83. The summed E-state index contributed by atoms with van der Waals surface area (Å²) in [5, 5.41) is 8.14. The van der Waals surface area contributed by atoms with Crippen molar-refractivity contribution >= 4 is 17.5 Å². The topological polar surface area (TPSA) is 69.0 Å². The molecule has 0 atom stereocenters. The molecular weight excluding hydrogens is 412 g/mol. The number of pyridine rings is 1. The van der Waals surface area contributed by atoms with E-state index in [-0.39, 0.29) is 5.91 Å². The Balaban J connectivity index is 1.65. The van der Waals surface area contributed by atoms with Crippen molar-refractivity contribution in [2.24, 2.45) is 0 Å². The van der Waals surface area contributed by atoms with E-state index >= 15 is 0 Å². The highest BCUT2D eigenvalue weighted by atomic mass is 35.5. The molecule has 156 valence electrons. The second-order valence-electron chi connectivity index (χ2n) is 6.84. The van der Waals surface area contributed by atoms with Crippen LogP contribution in [0.1, 0.15) is 16.2 Å². The van der Waals surface area contributed by atoms with Crippen LogP contribution in [0, 0.1) is 0 Å². The molecule has 2 aromatic heterocycles. The molecule has 1 N–H and O–H groups in total. The second kappa shape index (κ2) is 9.45. The first-order valence-corrected chi connectivity index (χ1v) is 10.2. The predicted molar refractivity (Wildman–Crippen MR) is 121 cm³/mol. The van der Waals surface area contributed by atoms with E-state index in [1.165, 1.54) is 0 Å². The summed E-state index contributed by atoms with van der Waals surface area (Å²) in [5.41, 5.74) is 3.43. The lowest BCUT2D eigenvalue weighted by molar-refractivity contribution is 0.0946. The summed E-state index contributed by atoms with van der Waals surface area (Å²) < 4.78 is 6.90. The average Bonchev–Trinajstić information content (AvgIpc) is 3.25. The Kier molecular flexibility index (Phi) is 6.29. The van der Waals surface area contributed by atoms with Crippen LogP contribution in [0.3, 0.4) is 0 Å². The van der Waals surface area contributed by atoms with E-state index in [2.05, 4.69) is 15.4 Å². The van der Waals surface area contributed by atoms with E-state index in [0.717, 1.165) is 11.3 Å². The zero-order chi connectivity index (χ0) is 21.6. The van der Waals surface area contributed by atoms with Gasteiger partial charge in [-0.05, 0) is 42.5 Å². The van der Waals surface area contributed by atoms with Crippen LogP contribution in [0.4, 0.5) is 0 Å². The first-order chi connectivity index (χ1) is 15.2. The maximum atomic E-state index is 13.0. The van der Waals surface area contributed by atoms with Gasteiger partial charge in [0.25, 0.3) is 5.91 Å². The number of ether oxygens (including phenoxy) is 1. The lowest BCUT2D eigenvalue weighted by Crippen LogP contribution is -2.28. The van der Waals surface area contributed by atoms with Crippen LogP contribution in [-0.2, 0) is 6.42 Å². The lowest BCUT2D eigenvalue weighted by Gasteiger charge is -2.09. The number of halogens is 1. The fourth-order valence-corrected chi connectivity index (χ4v) is 3.43. The van der Waals surface area contributed by atoms with Gasteiger partial charge in [-0.1, -0.05) is 41.9 Å². The number of nitrogens with zero attached hydrogens (tertiary/aromatic N) is 3. The van der Waals surface area contributed by atoms with E-state index in [4.69, 9.17) is 16.3 Å². The predicted octanol–water partition coefficient (Wildman–Crippen LogP) is 4.57. The molecule has 0 fully saturated rings. The second-order valence-corrected chi connectivity index (χ2v) is 7.24. The number of hydrogen-bond acceptors (Lipinski definition) is 4. The van der Waals surface area contributed by atoms with Gasteiger partial charge in [0, 0.05) is 30.4 Å². The van der Waals surface area contributed by atoms with Gasteiger partial charge >= 0.3 is 0 Å². The van der Waals surface area contributed by atoms with E-state index in [1.54, 1.807) is 30.1 Å². The Morgan fingerprint density at radius 2 is 1.90 bits per heavy atom. The summed E-state index contributed by atoms with van der Waals surface area (Å²) in [7, 11) is 1.61. The maximum Gasteiger partial charge on any atom is 0.270 e. The number of rotatable bonds is 7. The fourth-order valence-electron chi connectivity index (χ4n) is 3.21. The summed E-state index contributed by atoms with van der Waals surface area (Å²) in [5.74, 6) is 0.476. The number of carbonyl (C=O) groups is 1. The van der Waals surface area contributed by atoms with Crippen LogP contribution in [0.15, 0.2) is 79.0 Å². The van der Waals surface area contributed by atoms with Crippen LogP contribution in [0.2, 0.25) is 5.02 Å². The molecule has 0 bridgehead atoms. The van der Waals surface area contributed by atoms with Crippen molar-refractivity contribution in [3.05, 3.63) is 95.4 Å². The van der Waals surface area contributed by atoms with Crippen molar-refractivity contribution in [2.75, 3.05) is 13.7 Å². The highest BCUT2D eigenvalue weighted by Crippen LogP contribution is 2.27. The minimum absolute atomic E-state index is 0.238. The number of carbonyl (C=O) groups excluding carboxylic acids is 1. The quantitative estimate of drug-likeness (QED) is 0.464. The summed E-state index contributed by atoms with van der Waals surface area (Å²) in [4.78, 5) is 17.3. The van der Waals surface area contributed by atoms with Crippen molar-refractivity contribution in [3.8, 4) is 22.7 Å². The number of para-hydroxylation sites is 1. The number of aromatic nitrogens is 3. The molecule has 0 aliphatic carbocycles. The molecule has 6 nitrogen and oxygen atoms in total. The third-order valence-electron chi connectivity index (χ3n) is 4.78. The van der Waals surface area contributed by atoms with Gasteiger partial charge in [-0.2, -0.15) is 5.10 Å². The maximum absolute atomic E-state index is 13.0. The number of amides is 1. The first kappa shape index (κ1) is 20.6. The zero-order valence-electron chi connectivity index (χ0n) is 17.0. The molecule has 4 aromatic rings. The Morgan fingerprint density at radius 1 is 1.06 bits per heavy atom. The van der Waals surface area contributed by atoms with Crippen LogP contribution in [0.25, 0.3) is 16.9 Å². The van der Waals surface area contributed by atoms with E-state index in [0.29, 0.717) is 40.8 Å². The van der Waals surface area contributed by atoms with Gasteiger partial charge in [-0.25, -0.2) is 4.68 Å². The average molecular weight is 433 g/mol. The largest absolute Gasteiger partial charge is 0.497 e. The molecule has 0 aliphatic heterocycles. The molecule has 0 saturated carbocycles. The van der Waals surface area contributed by atoms with Crippen molar-refractivity contribution < 1.29 is 9.53 Å². The van der Waals surface area contributed by atoms with Gasteiger partial charge in [0.05, 0.1) is 23.5 Å². The number of hydrogen-bond donors (Lipinski definition) is 1. The molecule has 4 rings (SSSR count). The highest BCUT2D eigenvalue weighted by Gasteiger charge is 2.19. The molecule has 1 amide bonds. The number of nitrogens with one attached hydrogen (secondary N) is 1. The van der Waals surface area contributed by atoms with Crippen molar-refractivity contribution in [1.82, 2.24) is 20.1 Å². The van der Waals surface area contributed by atoms with Crippen LogP contribution < -0.4 is 10.1 Å². The fraction of sp³-hybridized carbons (Fsp3) is 0.125. The molecule has 0 aliphatic rings. The Bertz CT molecular complexity index is 1190. The third-order valence-corrected chi connectivity index (χ3v) is 5.10. The smallest absolute Gasteiger partial charge is 0.270 e. The SMILES string of the molecule is COc1cccc(-c2cc(C(=O)NCCc3ccccn3)n(-c3ccccc3Cl)n2)c1. The van der Waals surface area contributed by atoms with E-state index in [1.807, 2.05) is 60.7 Å². The minimum atomic E-state index is -0.238. The van der Waals surface area contributed by atoms with Gasteiger partial charge in [0.2, 0.25) is 0 Å². The Hall–Kier alpha value is -3.64. The summed E-state index contributed by atoms with van der Waals surface area (Å²) >= 11 is 6.40. The molecule has 31 heavy (non-hydrogen) atoms. The number of methoxy groups -OCH3 is 1. The molecular formula is C24H21ClN4O2. The zero-order valence-corrected chi connectivity index (χ0v) is 17.7. The molecule has 2 aromatic carbocycles. The van der Waals surface area contributed by atoms with E-state index in [9.17, 15) is 4.79 Å². The van der Waals surface area contributed by atoms with Crippen LogP contribution in [0.5, 0.6) is 5.75 Å². The summed E-state index contributed by atoms with van der Waals surface area (Å²) in [6.07, 6.45) is 2.37. The minimum Gasteiger partial charge on any atom is -0.497 e. The number of benzene rings is 2. The van der Waals surface area contributed by atoms with Gasteiger partial charge in [-0.15, -0.1) is 0 Å². The van der Waals surface area contributed by atoms with Gasteiger partial charge in [0.1, 0.15) is 11.4 Å². The standard InChI is InChI=1S/C24H21ClN4O2/c1-31-19-9-6-7-17(15-19)21-16-23(29(28-21)22-11-3-2-10-20(22)25)24(30)27-14-12-18-8-4-5-13-26-18/h2-11,13,15-16H,12,14H2,1H3,(H,27,30). The summed E-state index contributed by atoms with van der Waals surface area (Å²) in [6.45, 7) is 0.456. The Morgan fingerprint density at radius 3 is 2.68 bits per heavy atom. The summed E-state index contributed by atoms with van der Waals surface area (Å²) in [6, 6.07) is 22.3. The van der Waals surface area contributed by atoms with Crippen molar-refractivity contribution in [1.29, 1.82) is 0 Å². The van der Waals surface area contributed by atoms with Crippen molar-refractivity contribution in [2.45, 2.75) is 6.42 Å². The van der Waals surface area contributed by atoms with Gasteiger partial charge in [0.15, 0.2) is 0 Å². The molecule has 0 saturated heterocycles. The molecule has 7 heteroatoms. The van der Waals surface area contributed by atoms with Gasteiger partial charge in [-0.3, -0.25) is 9.78 Å². The lowest BCUT2D eigenvalue weighted by atomic mass is 10.1. The molecule has 0 spiro atoms. The van der Waals surface area contributed by atoms with Crippen LogP contribution >= 0.6 is 11.6 Å². The highest BCUT2D eigenvalue weighted by molar-refractivity contribution is 6.32. The Labute approximate surface area is 185 Å².